The molecular weight excluding hydrogens is 140 g/mol. The van der Waals surface area contributed by atoms with Gasteiger partial charge in [-0.1, -0.05) is 0 Å². The predicted molar refractivity (Wildman–Crippen MR) is 44.0 cm³/mol. The van der Waals surface area contributed by atoms with Crippen LogP contribution in [0.25, 0.3) is 0 Å². The Balaban J connectivity index is 2.41. The second-order valence-electron chi connectivity index (χ2n) is 3.07. The molecule has 3 nitrogen and oxygen atoms in total. The van der Waals surface area contributed by atoms with Gasteiger partial charge < -0.3 is 10.6 Å². The Kier molecular flexibility index (Phi) is 2.88. The second kappa shape index (κ2) is 3.72. The van der Waals surface area contributed by atoms with Crippen LogP contribution in [0.1, 0.15) is 19.8 Å². The van der Waals surface area contributed by atoms with Gasteiger partial charge in [0, 0.05) is 19.5 Å². The molecule has 1 heterocycles. The Bertz CT molecular complexity index is 147. The minimum Gasteiger partial charge on any atom is -0.343 e. The van der Waals surface area contributed by atoms with Crippen LogP contribution in [0.5, 0.6) is 0 Å². The summed E-state index contributed by atoms with van der Waals surface area (Å²) in [6.07, 6.45) is 1.74. The highest BCUT2D eigenvalue weighted by molar-refractivity contribution is 5.77. The second-order valence-corrected chi connectivity index (χ2v) is 3.07. The number of amides is 1. The summed E-state index contributed by atoms with van der Waals surface area (Å²) in [4.78, 5) is 13.2. The first-order valence-corrected chi connectivity index (χ1v) is 4.25. The molecule has 0 aromatic rings. The molecule has 1 amide bonds. The molecule has 2 N–H and O–H groups in total. The monoisotopic (exact) mass is 156 g/mol. The van der Waals surface area contributed by atoms with E-state index in [1.807, 2.05) is 11.8 Å². The van der Waals surface area contributed by atoms with Crippen molar-refractivity contribution in [2.45, 2.75) is 19.8 Å². The van der Waals surface area contributed by atoms with E-state index in [4.69, 9.17) is 5.73 Å². The number of rotatable bonds is 2. The van der Waals surface area contributed by atoms with Crippen LogP contribution >= 0.6 is 0 Å². The molecule has 64 valence electrons. The molecular formula is C8H16N2O. The molecule has 0 bridgehead atoms. The maximum absolute atomic E-state index is 11.3. The average Bonchev–Trinajstić information content (AvgIpc) is 2.04. The van der Waals surface area contributed by atoms with Crippen molar-refractivity contribution >= 4 is 5.91 Å². The van der Waals surface area contributed by atoms with Crippen molar-refractivity contribution < 1.29 is 4.79 Å². The summed E-state index contributed by atoms with van der Waals surface area (Å²) in [5, 5.41) is 0. The molecule has 1 aliphatic rings. The first-order valence-electron chi connectivity index (χ1n) is 4.25. The molecule has 1 atom stereocenters. The summed E-state index contributed by atoms with van der Waals surface area (Å²) < 4.78 is 0. The third-order valence-corrected chi connectivity index (χ3v) is 2.34. The van der Waals surface area contributed by atoms with E-state index in [0.717, 1.165) is 19.5 Å². The summed E-state index contributed by atoms with van der Waals surface area (Å²) in [6.45, 7) is 4.41. The van der Waals surface area contributed by atoms with Crippen molar-refractivity contribution in [3.05, 3.63) is 0 Å². The lowest BCUT2D eigenvalue weighted by Gasteiger charge is -2.30. The van der Waals surface area contributed by atoms with Crippen molar-refractivity contribution in [2.75, 3.05) is 19.6 Å². The van der Waals surface area contributed by atoms with Crippen LogP contribution in [-0.4, -0.2) is 30.4 Å². The maximum Gasteiger partial charge on any atom is 0.222 e. The Morgan fingerprint density at radius 2 is 2.45 bits per heavy atom. The number of carbonyl (C=O) groups excluding carboxylic acids is 1. The summed E-state index contributed by atoms with van der Waals surface area (Å²) in [7, 11) is 0. The fraction of sp³-hybridized carbons (Fsp3) is 0.875. The molecule has 0 unspecified atom stereocenters. The van der Waals surface area contributed by atoms with E-state index < -0.39 is 0 Å². The van der Waals surface area contributed by atoms with Gasteiger partial charge in [-0.2, -0.15) is 0 Å². The van der Waals surface area contributed by atoms with Crippen LogP contribution in [0.3, 0.4) is 0 Å². The fourth-order valence-electron chi connectivity index (χ4n) is 1.48. The first kappa shape index (κ1) is 8.53. The summed E-state index contributed by atoms with van der Waals surface area (Å²) in [5.41, 5.74) is 5.48. The highest BCUT2D eigenvalue weighted by Gasteiger charge is 2.23. The SMILES string of the molecule is CCN1CC[C@@H](CN)CC1=O. The molecule has 1 rings (SSSR count). The van der Waals surface area contributed by atoms with E-state index in [0.29, 0.717) is 18.9 Å². The lowest BCUT2D eigenvalue weighted by atomic mass is 9.97. The van der Waals surface area contributed by atoms with Crippen molar-refractivity contribution in [1.82, 2.24) is 4.90 Å². The summed E-state index contributed by atoms with van der Waals surface area (Å²) >= 11 is 0. The summed E-state index contributed by atoms with van der Waals surface area (Å²) in [6, 6.07) is 0. The minimum atomic E-state index is 0.272. The molecule has 0 aromatic carbocycles. The van der Waals surface area contributed by atoms with Gasteiger partial charge in [-0.3, -0.25) is 4.79 Å². The molecule has 11 heavy (non-hydrogen) atoms. The molecule has 0 aliphatic carbocycles. The average molecular weight is 156 g/mol. The zero-order valence-corrected chi connectivity index (χ0v) is 7.05. The number of hydrogen-bond donors (Lipinski definition) is 1. The van der Waals surface area contributed by atoms with Crippen LogP contribution in [-0.2, 0) is 4.79 Å². The van der Waals surface area contributed by atoms with Gasteiger partial charge in [0.2, 0.25) is 5.91 Å². The Morgan fingerprint density at radius 1 is 1.73 bits per heavy atom. The van der Waals surface area contributed by atoms with Crippen molar-refractivity contribution in [2.24, 2.45) is 11.7 Å². The molecule has 1 aliphatic heterocycles. The Labute approximate surface area is 67.5 Å². The number of piperidine rings is 1. The number of nitrogens with zero attached hydrogens (tertiary/aromatic N) is 1. The Morgan fingerprint density at radius 3 is 2.91 bits per heavy atom. The van der Waals surface area contributed by atoms with Crippen LogP contribution in [0, 0.1) is 5.92 Å². The maximum atomic E-state index is 11.3. The smallest absolute Gasteiger partial charge is 0.222 e. The zero-order chi connectivity index (χ0) is 8.27. The van der Waals surface area contributed by atoms with E-state index >= 15 is 0 Å². The van der Waals surface area contributed by atoms with E-state index in [1.165, 1.54) is 0 Å². The molecule has 0 saturated carbocycles. The topological polar surface area (TPSA) is 46.3 Å². The number of hydrogen-bond acceptors (Lipinski definition) is 2. The Hall–Kier alpha value is -0.570. The van der Waals surface area contributed by atoms with E-state index in [-0.39, 0.29) is 5.91 Å². The normalized spacial score (nSPS) is 25.8. The third-order valence-electron chi connectivity index (χ3n) is 2.34. The van der Waals surface area contributed by atoms with Gasteiger partial charge in [-0.25, -0.2) is 0 Å². The standard InChI is InChI=1S/C8H16N2O/c1-2-10-4-3-7(6-9)5-8(10)11/h7H,2-6,9H2,1H3/t7-/m1/s1. The van der Waals surface area contributed by atoms with Crippen LogP contribution in [0.4, 0.5) is 0 Å². The molecule has 0 aromatic heterocycles. The highest BCUT2D eigenvalue weighted by atomic mass is 16.2. The van der Waals surface area contributed by atoms with Crippen LogP contribution in [0.2, 0.25) is 0 Å². The van der Waals surface area contributed by atoms with Crippen molar-refractivity contribution in [3.8, 4) is 0 Å². The highest BCUT2D eigenvalue weighted by Crippen LogP contribution is 2.16. The van der Waals surface area contributed by atoms with Crippen molar-refractivity contribution in [3.63, 3.8) is 0 Å². The minimum absolute atomic E-state index is 0.272. The van der Waals surface area contributed by atoms with Crippen LogP contribution in [0.15, 0.2) is 0 Å². The van der Waals surface area contributed by atoms with Gasteiger partial charge in [0.25, 0.3) is 0 Å². The van der Waals surface area contributed by atoms with Gasteiger partial charge in [0.1, 0.15) is 0 Å². The van der Waals surface area contributed by atoms with Crippen LogP contribution < -0.4 is 5.73 Å². The fourth-order valence-corrected chi connectivity index (χ4v) is 1.48. The molecule has 1 saturated heterocycles. The number of nitrogens with two attached hydrogens (primary N) is 1. The lowest BCUT2D eigenvalue weighted by molar-refractivity contribution is -0.134. The van der Waals surface area contributed by atoms with Gasteiger partial charge in [0.05, 0.1) is 0 Å². The van der Waals surface area contributed by atoms with Gasteiger partial charge in [0.15, 0.2) is 0 Å². The summed E-state index contributed by atoms with van der Waals surface area (Å²) in [5.74, 6) is 0.708. The van der Waals surface area contributed by atoms with Gasteiger partial charge >= 0.3 is 0 Å². The number of carbonyl (C=O) groups is 1. The largest absolute Gasteiger partial charge is 0.343 e. The van der Waals surface area contributed by atoms with E-state index in [1.54, 1.807) is 0 Å². The predicted octanol–water partition coefficient (Wildman–Crippen LogP) is 0.204. The molecule has 3 heteroatoms. The van der Waals surface area contributed by atoms with Crippen molar-refractivity contribution in [1.29, 1.82) is 0 Å². The van der Waals surface area contributed by atoms with Gasteiger partial charge in [-0.05, 0) is 25.8 Å². The zero-order valence-electron chi connectivity index (χ0n) is 7.05. The van der Waals surface area contributed by atoms with Gasteiger partial charge in [-0.15, -0.1) is 0 Å². The quantitative estimate of drug-likeness (QED) is 0.621. The third kappa shape index (κ3) is 1.93. The lowest BCUT2D eigenvalue weighted by Crippen LogP contribution is -2.40. The molecule has 1 fully saturated rings. The number of likely N-dealkylation sites (tertiary alicyclic amines) is 1. The van der Waals surface area contributed by atoms with E-state index in [9.17, 15) is 4.79 Å². The molecule has 0 spiro atoms. The van der Waals surface area contributed by atoms with E-state index in [2.05, 4.69) is 0 Å². The molecule has 0 radical (unpaired) electrons. The first-order chi connectivity index (χ1) is 5.27.